The van der Waals surface area contributed by atoms with Gasteiger partial charge >= 0.3 is 6.09 Å². The van der Waals surface area contributed by atoms with E-state index in [9.17, 15) is 14.4 Å². The van der Waals surface area contributed by atoms with Crippen molar-refractivity contribution >= 4 is 18.7 Å². The summed E-state index contributed by atoms with van der Waals surface area (Å²) in [7, 11) is 0. The van der Waals surface area contributed by atoms with Gasteiger partial charge in [0, 0.05) is 13.1 Å². The smallest absolute Gasteiger partial charge is 0.410 e. The van der Waals surface area contributed by atoms with Gasteiger partial charge in [0.1, 0.15) is 31.4 Å². The number of rotatable bonds is 10. The number of hydrogen-bond acceptors (Lipinski definition) is 6. The van der Waals surface area contributed by atoms with Crippen molar-refractivity contribution in [2.24, 2.45) is 0 Å². The zero-order valence-electron chi connectivity index (χ0n) is 12.3. The van der Waals surface area contributed by atoms with E-state index in [2.05, 4.69) is 0 Å². The fourth-order valence-corrected chi connectivity index (χ4v) is 1.23. The predicted octanol–water partition coefficient (Wildman–Crippen LogP) is 0.655. The lowest BCUT2D eigenvalue weighted by Crippen LogP contribution is -2.40. The highest BCUT2D eigenvalue weighted by Gasteiger charge is 2.21. The molecule has 0 aliphatic heterocycles. The first-order valence-corrected chi connectivity index (χ1v) is 6.41. The van der Waals surface area contributed by atoms with Crippen LogP contribution in [0.25, 0.3) is 0 Å². The minimum atomic E-state index is -0.595. The van der Waals surface area contributed by atoms with Crippen molar-refractivity contribution in [3.05, 3.63) is 0 Å². The minimum absolute atomic E-state index is 0.0101. The van der Waals surface area contributed by atoms with E-state index in [4.69, 9.17) is 14.2 Å². The molecule has 7 heteroatoms. The fraction of sp³-hybridized carbons (Fsp3) is 0.769. The molecule has 0 N–H and O–H groups in total. The van der Waals surface area contributed by atoms with Gasteiger partial charge in [-0.1, -0.05) is 0 Å². The fourth-order valence-electron chi connectivity index (χ4n) is 1.23. The molecule has 0 heterocycles. The molecule has 7 nitrogen and oxygen atoms in total. The Balaban J connectivity index is 4.25. The molecule has 0 atom stereocenters. The Kier molecular flexibility index (Phi) is 9.57. The molecule has 0 saturated heterocycles. The molecule has 0 spiro atoms. The lowest BCUT2D eigenvalue weighted by molar-refractivity contribution is -0.112. The average Bonchev–Trinajstić information content (AvgIpc) is 2.34. The van der Waals surface area contributed by atoms with Crippen molar-refractivity contribution in [3.8, 4) is 0 Å². The van der Waals surface area contributed by atoms with Gasteiger partial charge in [0.2, 0.25) is 0 Å². The summed E-state index contributed by atoms with van der Waals surface area (Å²) in [6.45, 7) is 6.32. The SMILES string of the molecule is CC(C)(C)OC(=O)N(CCOCC=O)CCOCC=O. The average molecular weight is 289 g/mol. The number of aldehydes is 2. The molecule has 0 aromatic carbocycles. The summed E-state index contributed by atoms with van der Waals surface area (Å²) >= 11 is 0. The van der Waals surface area contributed by atoms with Crippen LogP contribution in [0.4, 0.5) is 4.79 Å². The zero-order valence-corrected chi connectivity index (χ0v) is 12.3. The highest BCUT2D eigenvalue weighted by atomic mass is 16.6. The van der Waals surface area contributed by atoms with Crippen LogP contribution >= 0.6 is 0 Å². The van der Waals surface area contributed by atoms with E-state index in [1.54, 1.807) is 20.8 Å². The molecule has 0 aliphatic rings. The van der Waals surface area contributed by atoms with E-state index in [1.807, 2.05) is 0 Å². The van der Waals surface area contributed by atoms with E-state index in [-0.39, 0.29) is 39.5 Å². The summed E-state index contributed by atoms with van der Waals surface area (Å²) in [4.78, 5) is 33.6. The second kappa shape index (κ2) is 10.3. The molecule has 0 aromatic rings. The van der Waals surface area contributed by atoms with E-state index in [0.717, 1.165) is 0 Å². The van der Waals surface area contributed by atoms with Gasteiger partial charge in [0.15, 0.2) is 0 Å². The molecule has 0 bridgehead atoms. The topological polar surface area (TPSA) is 82.1 Å². The number of carbonyl (C=O) groups is 3. The van der Waals surface area contributed by atoms with Gasteiger partial charge in [-0.05, 0) is 20.8 Å². The lowest BCUT2D eigenvalue weighted by atomic mass is 10.2. The van der Waals surface area contributed by atoms with Crippen molar-refractivity contribution in [1.29, 1.82) is 0 Å². The molecule has 0 unspecified atom stereocenters. The molecular weight excluding hydrogens is 266 g/mol. The van der Waals surface area contributed by atoms with Crippen LogP contribution in [-0.2, 0) is 23.8 Å². The van der Waals surface area contributed by atoms with Crippen molar-refractivity contribution < 1.29 is 28.6 Å². The molecule has 0 aromatic heterocycles. The van der Waals surface area contributed by atoms with Gasteiger partial charge in [-0.15, -0.1) is 0 Å². The first-order valence-electron chi connectivity index (χ1n) is 6.41. The number of nitrogens with zero attached hydrogens (tertiary/aromatic N) is 1. The van der Waals surface area contributed by atoms with Crippen LogP contribution < -0.4 is 0 Å². The highest BCUT2D eigenvalue weighted by molar-refractivity contribution is 5.68. The molecular formula is C13H23NO6. The number of amides is 1. The Hall–Kier alpha value is -1.47. The summed E-state index contributed by atoms with van der Waals surface area (Å²) in [5, 5.41) is 0. The van der Waals surface area contributed by atoms with Gasteiger partial charge in [0.05, 0.1) is 13.2 Å². The maximum Gasteiger partial charge on any atom is 0.410 e. The number of carbonyl (C=O) groups excluding carboxylic acids is 3. The summed E-state index contributed by atoms with van der Waals surface area (Å²) in [5.74, 6) is 0. The van der Waals surface area contributed by atoms with Crippen molar-refractivity contribution in [3.63, 3.8) is 0 Å². The second-order valence-electron chi connectivity index (χ2n) is 4.95. The Morgan fingerprint density at radius 2 is 1.45 bits per heavy atom. The lowest BCUT2D eigenvalue weighted by Gasteiger charge is -2.27. The van der Waals surface area contributed by atoms with Gasteiger partial charge in [-0.3, -0.25) is 0 Å². The third-order valence-electron chi connectivity index (χ3n) is 2.03. The van der Waals surface area contributed by atoms with Crippen LogP contribution in [0.1, 0.15) is 20.8 Å². The highest BCUT2D eigenvalue weighted by Crippen LogP contribution is 2.09. The van der Waals surface area contributed by atoms with Crippen LogP contribution in [0.2, 0.25) is 0 Å². The van der Waals surface area contributed by atoms with Gasteiger partial charge < -0.3 is 28.7 Å². The largest absolute Gasteiger partial charge is 0.444 e. The Morgan fingerprint density at radius 1 is 1.00 bits per heavy atom. The van der Waals surface area contributed by atoms with E-state index in [1.165, 1.54) is 4.90 Å². The minimum Gasteiger partial charge on any atom is -0.444 e. The maximum atomic E-state index is 11.9. The number of ether oxygens (including phenoxy) is 3. The monoisotopic (exact) mass is 289 g/mol. The molecule has 116 valence electrons. The van der Waals surface area contributed by atoms with Crippen LogP contribution in [0.5, 0.6) is 0 Å². The predicted molar refractivity (Wildman–Crippen MR) is 71.6 cm³/mol. The normalized spacial score (nSPS) is 10.9. The van der Waals surface area contributed by atoms with Crippen LogP contribution in [0.15, 0.2) is 0 Å². The quantitative estimate of drug-likeness (QED) is 0.434. The van der Waals surface area contributed by atoms with Crippen molar-refractivity contribution in [2.45, 2.75) is 26.4 Å². The standard InChI is InChI=1S/C13H23NO6/c1-13(2,3)20-12(17)14(4-8-18-10-6-15)5-9-19-11-7-16/h6-7H,4-5,8-11H2,1-3H3. The zero-order chi connectivity index (χ0) is 15.4. The number of hydrogen-bond donors (Lipinski definition) is 0. The van der Waals surface area contributed by atoms with Crippen molar-refractivity contribution in [1.82, 2.24) is 4.90 Å². The van der Waals surface area contributed by atoms with E-state index >= 15 is 0 Å². The van der Waals surface area contributed by atoms with E-state index < -0.39 is 11.7 Å². The molecule has 0 fully saturated rings. The Morgan fingerprint density at radius 3 is 1.80 bits per heavy atom. The molecule has 0 saturated carbocycles. The van der Waals surface area contributed by atoms with Crippen molar-refractivity contribution in [2.75, 3.05) is 39.5 Å². The van der Waals surface area contributed by atoms with Crippen LogP contribution in [0.3, 0.4) is 0 Å². The summed E-state index contributed by atoms with van der Waals surface area (Å²) in [5.41, 5.74) is -0.595. The Labute approximate surface area is 119 Å². The third-order valence-corrected chi connectivity index (χ3v) is 2.03. The maximum absolute atomic E-state index is 11.9. The molecule has 20 heavy (non-hydrogen) atoms. The molecule has 1 amide bonds. The van der Waals surface area contributed by atoms with Crippen LogP contribution in [0, 0.1) is 0 Å². The second-order valence-corrected chi connectivity index (χ2v) is 4.95. The Bertz CT molecular complexity index is 284. The van der Waals surface area contributed by atoms with E-state index in [0.29, 0.717) is 12.6 Å². The summed E-state index contributed by atoms with van der Waals surface area (Å²) in [6, 6.07) is 0. The molecule has 0 rings (SSSR count). The summed E-state index contributed by atoms with van der Waals surface area (Å²) < 4.78 is 15.3. The van der Waals surface area contributed by atoms with Gasteiger partial charge in [0.25, 0.3) is 0 Å². The molecule has 0 radical (unpaired) electrons. The molecule has 0 aliphatic carbocycles. The summed E-state index contributed by atoms with van der Waals surface area (Å²) in [6.07, 6.45) is 0.803. The van der Waals surface area contributed by atoms with Gasteiger partial charge in [-0.2, -0.15) is 0 Å². The third kappa shape index (κ3) is 10.5. The first kappa shape index (κ1) is 18.5. The van der Waals surface area contributed by atoms with Gasteiger partial charge in [-0.25, -0.2) is 4.79 Å². The van der Waals surface area contributed by atoms with Crippen LogP contribution in [-0.4, -0.2) is 68.7 Å². The first-order chi connectivity index (χ1) is 9.40.